The number of phenols is 4. The molecule has 0 spiro atoms. The standard InChI is InChI=1S/C15H24O2.C14H22O2.C6H6O2/c1-2-3-4-5-6-7-8-12-17-15-11-9-10-14(16)13-15;1-2-3-4-5-6-7-11-16-14-10-8-9-13(15)12-14;7-5-2-1-3-6(8)4-5/h9-11,13,16H,2-8,12H2,1H3;8-10,12,15H,2-7,11H2,1H3;1-4,7-8H. The van der Waals surface area contributed by atoms with Crippen LogP contribution in [0.1, 0.15) is 97.3 Å². The fourth-order valence-electron chi connectivity index (χ4n) is 3.96. The van der Waals surface area contributed by atoms with Gasteiger partial charge >= 0.3 is 0 Å². The summed E-state index contributed by atoms with van der Waals surface area (Å²) in [6.07, 6.45) is 16.6. The van der Waals surface area contributed by atoms with Crippen molar-refractivity contribution in [2.45, 2.75) is 97.3 Å². The van der Waals surface area contributed by atoms with E-state index in [0.29, 0.717) is 0 Å². The van der Waals surface area contributed by atoms with E-state index in [1.54, 1.807) is 42.5 Å². The molecule has 228 valence electrons. The van der Waals surface area contributed by atoms with Gasteiger partial charge in [-0.25, -0.2) is 0 Å². The van der Waals surface area contributed by atoms with Crippen LogP contribution in [0.25, 0.3) is 0 Å². The van der Waals surface area contributed by atoms with E-state index >= 15 is 0 Å². The van der Waals surface area contributed by atoms with Crippen molar-refractivity contribution in [3.8, 4) is 34.5 Å². The van der Waals surface area contributed by atoms with Crippen molar-refractivity contribution in [1.29, 1.82) is 0 Å². The fourth-order valence-corrected chi connectivity index (χ4v) is 3.96. The molecular weight excluding hydrogens is 516 g/mol. The molecule has 0 aliphatic heterocycles. The number of unbranched alkanes of at least 4 members (excludes halogenated alkanes) is 11. The molecule has 0 atom stereocenters. The van der Waals surface area contributed by atoms with E-state index in [4.69, 9.17) is 19.7 Å². The van der Waals surface area contributed by atoms with Crippen LogP contribution in [0.2, 0.25) is 0 Å². The Kier molecular flexibility index (Phi) is 21.0. The molecule has 41 heavy (non-hydrogen) atoms. The lowest BCUT2D eigenvalue weighted by atomic mass is 10.1. The van der Waals surface area contributed by atoms with Crippen LogP contribution in [0.3, 0.4) is 0 Å². The smallest absolute Gasteiger partial charge is 0.122 e. The highest BCUT2D eigenvalue weighted by molar-refractivity contribution is 5.32. The Morgan fingerprint density at radius 3 is 1.05 bits per heavy atom. The first kappa shape index (κ1) is 35.5. The molecule has 6 nitrogen and oxygen atoms in total. The molecule has 3 rings (SSSR count). The molecule has 3 aromatic rings. The molecule has 0 saturated heterocycles. The molecule has 0 saturated carbocycles. The molecule has 0 radical (unpaired) electrons. The van der Waals surface area contributed by atoms with Crippen LogP contribution in [0.5, 0.6) is 34.5 Å². The van der Waals surface area contributed by atoms with Crippen molar-refractivity contribution in [2.75, 3.05) is 13.2 Å². The van der Waals surface area contributed by atoms with Gasteiger partial charge in [0.15, 0.2) is 0 Å². The van der Waals surface area contributed by atoms with Gasteiger partial charge in [0.05, 0.1) is 13.2 Å². The molecular formula is C35H52O6. The van der Waals surface area contributed by atoms with Crippen molar-refractivity contribution < 1.29 is 29.9 Å². The van der Waals surface area contributed by atoms with E-state index in [1.165, 1.54) is 88.8 Å². The molecule has 4 N–H and O–H groups in total. The third-order valence-corrected chi connectivity index (χ3v) is 6.25. The lowest BCUT2D eigenvalue weighted by molar-refractivity contribution is 0.302. The molecule has 0 aliphatic carbocycles. The Balaban J connectivity index is 0.000000326. The molecule has 0 bridgehead atoms. The van der Waals surface area contributed by atoms with Crippen molar-refractivity contribution in [3.63, 3.8) is 0 Å². The van der Waals surface area contributed by atoms with Crippen LogP contribution in [0.15, 0.2) is 72.8 Å². The van der Waals surface area contributed by atoms with Crippen molar-refractivity contribution in [3.05, 3.63) is 72.8 Å². The lowest BCUT2D eigenvalue weighted by Gasteiger charge is -2.06. The molecule has 0 unspecified atom stereocenters. The van der Waals surface area contributed by atoms with E-state index in [1.807, 2.05) is 12.1 Å². The third kappa shape index (κ3) is 21.0. The monoisotopic (exact) mass is 568 g/mol. The van der Waals surface area contributed by atoms with Crippen LogP contribution < -0.4 is 9.47 Å². The van der Waals surface area contributed by atoms with Crippen molar-refractivity contribution in [1.82, 2.24) is 0 Å². The quantitative estimate of drug-likeness (QED) is 0.121. The summed E-state index contributed by atoms with van der Waals surface area (Å²) in [5, 5.41) is 35.8. The van der Waals surface area contributed by atoms with Gasteiger partial charge in [-0.1, -0.05) is 103 Å². The predicted molar refractivity (Wildman–Crippen MR) is 168 cm³/mol. The maximum absolute atomic E-state index is 9.26. The zero-order valence-corrected chi connectivity index (χ0v) is 25.1. The summed E-state index contributed by atoms with van der Waals surface area (Å²) in [5.74, 6) is 2.22. The van der Waals surface area contributed by atoms with Gasteiger partial charge < -0.3 is 29.9 Å². The van der Waals surface area contributed by atoms with Gasteiger partial charge in [-0.15, -0.1) is 0 Å². The molecule has 0 amide bonds. The van der Waals surface area contributed by atoms with Crippen LogP contribution >= 0.6 is 0 Å². The number of ether oxygens (including phenoxy) is 2. The number of benzene rings is 3. The first-order chi connectivity index (χ1) is 19.9. The van der Waals surface area contributed by atoms with Gasteiger partial charge in [-0.2, -0.15) is 0 Å². The molecule has 0 heterocycles. The third-order valence-electron chi connectivity index (χ3n) is 6.25. The normalized spacial score (nSPS) is 10.1. The Morgan fingerprint density at radius 2 is 0.732 bits per heavy atom. The second kappa shape index (κ2) is 24.3. The van der Waals surface area contributed by atoms with Crippen molar-refractivity contribution in [2.24, 2.45) is 0 Å². The van der Waals surface area contributed by atoms with Gasteiger partial charge in [-0.05, 0) is 49.2 Å². The van der Waals surface area contributed by atoms with Gasteiger partial charge in [0.2, 0.25) is 0 Å². The predicted octanol–water partition coefficient (Wildman–Crippen LogP) is 9.75. The summed E-state index contributed by atoms with van der Waals surface area (Å²) in [5.41, 5.74) is 0. The SMILES string of the molecule is CCCCCCCCCOc1cccc(O)c1.CCCCCCCCOc1cccc(O)c1.Oc1cccc(O)c1. The van der Waals surface area contributed by atoms with Gasteiger partial charge in [0, 0.05) is 18.2 Å². The highest BCUT2D eigenvalue weighted by Gasteiger charge is 1.97. The maximum atomic E-state index is 9.26. The number of phenolic OH excluding ortho intramolecular Hbond substituents is 4. The first-order valence-electron chi connectivity index (χ1n) is 15.3. The molecule has 3 aromatic carbocycles. The van der Waals surface area contributed by atoms with E-state index in [0.717, 1.165) is 37.6 Å². The summed E-state index contributed by atoms with van der Waals surface area (Å²) in [6, 6.07) is 19.8. The Labute approximate surface area is 247 Å². The minimum Gasteiger partial charge on any atom is -0.508 e. The van der Waals surface area contributed by atoms with Crippen molar-refractivity contribution >= 4 is 0 Å². The van der Waals surface area contributed by atoms with Crippen LogP contribution in [-0.2, 0) is 0 Å². The number of hydrogen-bond acceptors (Lipinski definition) is 6. The summed E-state index contributed by atoms with van der Waals surface area (Å²) in [6.45, 7) is 5.96. The van der Waals surface area contributed by atoms with Crippen LogP contribution in [0, 0.1) is 0 Å². The zero-order valence-electron chi connectivity index (χ0n) is 25.1. The van der Waals surface area contributed by atoms with Crippen LogP contribution in [-0.4, -0.2) is 33.6 Å². The topological polar surface area (TPSA) is 99.4 Å². The number of rotatable bonds is 17. The van der Waals surface area contributed by atoms with Gasteiger partial charge in [0.25, 0.3) is 0 Å². The lowest BCUT2D eigenvalue weighted by Crippen LogP contribution is -1.96. The summed E-state index contributed by atoms with van der Waals surface area (Å²) in [7, 11) is 0. The second-order valence-corrected chi connectivity index (χ2v) is 10.1. The largest absolute Gasteiger partial charge is 0.508 e. The Hall–Kier alpha value is -3.54. The van der Waals surface area contributed by atoms with E-state index in [-0.39, 0.29) is 23.0 Å². The average Bonchev–Trinajstić information content (AvgIpc) is 2.95. The van der Waals surface area contributed by atoms with E-state index < -0.39 is 0 Å². The minimum atomic E-state index is 0.0880. The molecule has 0 aromatic heterocycles. The summed E-state index contributed by atoms with van der Waals surface area (Å²) < 4.78 is 11.1. The highest BCUT2D eigenvalue weighted by Crippen LogP contribution is 2.19. The summed E-state index contributed by atoms with van der Waals surface area (Å²) in [4.78, 5) is 0. The molecule has 0 fully saturated rings. The second-order valence-electron chi connectivity index (χ2n) is 10.1. The van der Waals surface area contributed by atoms with E-state index in [2.05, 4.69) is 13.8 Å². The average molecular weight is 569 g/mol. The number of hydrogen-bond donors (Lipinski definition) is 4. The Bertz CT molecular complexity index is 1010. The van der Waals surface area contributed by atoms with E-state index in [9.17, 15) is 10.2 Å². The maximum Gasteiger partial charge on any atom is 0.122 e. The highest BCUT2D eigenvalue weighted by atomic mass is 16.5. The van der Waals surface area contributed by atoms with Gasteiger partial charge in [-0.3, -0.25) is 0 Å². The Morgan fingerprint density at radius 1 is 0.415 bits per heavy atom. The molecule has 6 heteroatoms. The van der Waals surface area contributed by atoms with Crippen LogP contribution in [0.4, 0.5) is 0 Å². The fraction of sp³-hybridized carbons (Fsp3) is 0.486. The summed E-state index contributed by atoms with van der Waals surface area (Å²) >= 11 is 0. The van der Waals surface area contributed by atoms with Gasteiger partial charge in [0.1, 0.15) is 34.5 Å². The minimum absolute atomic E-state index is 0.0880. The first-order valence-corrected chi connectivity index (χ1v) is 15.3. The zero-order chi connectivity index (χ0) is 30.0. The molecule has 0 aliphatic rings. The number of aromatic hydroxyl groups is 4.